The number of nitrogens with zero attached hydrogens (tertiary/aromatic N) is 3. The van der Waals surface area contributed by atoms with Crippen molar-refractivity contribution in [2.45, 2.75) is 18.5 Å². The second kappa shape index (κ2) is 8.67. The predicted octanol–water partition coefficient (Wildman–Crippen LogP) is 5.11. The first-order valence-corrected chi connectivity index (χ1v) is 9.37. The Morgan fingerprint density at radius 3 is 2.69 bits per heavy atom. The summed E-state index contributed by atoms with van der Waals surface area (Å²) in [5.41, 5.74) is 1.62. The number of halogens is 1. The van der Waals surface area contributed by atoms with Gasteiger partial charge in [0.05, 0.1) is 12.4 Å². The van der Waals surface area contributed by atoms with E-state index < -0.39 is 0 Å². The van der Waals surface area contributed by atoms with Gasteiger partial charge in [0.15, 0.2) is 11.0 Å². The highest BCUT2D eigenvalue weighted by molar-refractivity contribution is 7.99. The second-order valence-corrected chi connectivity index (χ2v) is 6.62. The SMILES string of the molecule is C=C(CCSc1nnc(-c2cccc(F)c2)n1-c1ccccc1)OCC. The van der Waals surface area contributed by atoms with E-state index in [1.165, 1.54) is 12.1 Å². The summed E-state index contributed by atoms with van der Waals surface area (Å²) < 4.78 is 21.0. The maximum Gasteiger partial charge on any atom is 0.196 e. The Labute approximate surface area is 156 Å². The lowest BCUT2D eigenvalue weighted by Crippen LogP contribution is -2.00. The Kier molecular flexibility index (Phi) is 6.07. The zero-order valence-corrected chi connectivity index (χ0v) is 15.4. The summed E-state index contributed by atoms with van der Waals surface area (Å²) in [4.78, 5) is 0. The molecule has 2 aromatic carbocycles. The van der Waals surface area contributed by atoms with Crippen LogP contribution in [0.5, 0.6) is 0 Å². The Morgan fingerprint density at radius 2 is 1.96 bits per heavy atom. The normalized spacial score (nSPS) is 10.7. The summed E-state index contributed by atoms with van der Waals surface area (Å²) in [6, 6.07) is 16.2. The number of allylic oxidation sites excluding steroid dienone is 1. The van der Waals surface area contributed by atoms with Gasteiger partial charge in [-0.3, -0.25) is 4.57 Å². The highest BCUT2D eigenvalue weighted by Crippen LogP contribution is 2.29. The molecule has 3 aromatic rings. The number of aromatic nitrogens is 3. The van der Waals surface area contributed by atoms with Crippen molar-refractivity contribution in [3.8, 4) is 17.1 Å². The summed E-state index contributed by atoms with van der Waals surface area (Å²) in [5.74, 6) is 1.85. The molecular formula is C20H20FN3OS. The van der Waals surface area contributed by atoms with Crippen molar-refractivity contribution in [1.82, 2.24) is 14.8 Å². The molecule has 0 aliphatic rings. The molecule has 0 saturated heterocycles. The molecule has 1 heterocycles. The van der Waals surface area contributed by atoms with Crippen LogP contribution in [0, 0.1) is 5.82 Å². The molecule has 4 nitrogen and oxygen atoms in total. The van der Waals surface area contributed by atoms with Crippen LogP contribution < -0.4 is 0 Å². The molecule has 26 heavy (non-hydrogen) atoms. The smallest absolute Gasteiger partial charge is 0.196 e. The average molecular weight is 369 g/mol. The molecule has 0 aliphatic carbocycles. The predicted molar refractivity (Wildman–Crippen MR) is 103 cm³/mol. The van der Waals surface area contributed by atoms with Crippen molar-refractivity contribution in [3.63, 3.8) is 0 Å². The van der Waals surface area contributed by atoms with Crippen LogP contribution in [-0.4, -0.2) is 27.1 Å². The first kappa shape index (κ1) is 18.2. The van der Waals surface area contributed by atoms with E-state index in [1.807, 2.05) is 47.9 Å². The highest BCUT2D eigenvalue weighted by atomic mass is 32.2. The van der Waals surface area contributed by atoms with Crippen LogP contribution in [0.2, 0.25) is 0 Å². The molecular weight excluding hydrogens is 349 g/mol. The van der Waals surface area contributed by atoms with Crippen LogP contribution >= 0.6 is 11.8 Å². The highest BCUT2D eigenvalue weighted by Gasteiger charge is 2.16. The van der Waals surface area contributed by atoms with Gasteiger partial charge in [-0.15, -0.1) is 10.2 Å². The van der Waals surface area contributed by atoms with Gasteiger partial charge in [-0.05, 0) is 31.2 Å². The molecule has 6 heteroatoms. The van der Waals surface area contributed by atoms with Gasteiger partial charge in [0, 0.05) is 23.4 Å². The van der Waals surface area contributed by atoms with Gasteiger partial charge in [0.2, 0.25) is 0 Å². The number of rotatable bonds is 8. The molecule has 1 aromatic heterocycles. The fraction of sp³-hybridized carbons (Fsp3) is 0.200. The molecule has 0 N–H and O–H groups in total. The third kappa shape index (κ3) is 4.32. The van der Waals surface area contributed by atoms with Crippen LogP contribution in [0.25, 0.3) is 17.1 Å². The van der Waals surface area contributed by atoms with E-state index >= 15 is 0 Å². The Hall–Kier alpha value is -2.60. The topological polar surface area (TPSA) is 39.9 Å². The van der Waals surface area contributed by atoms with Gasteiger partial charge >= 0.3 is 0 Å². The molecule has 134 valence electrons. The summed E-state index contributed by atoms with van der Waals surface area (Å²) in [7, 11) is 0. The summed E-state index contributed by atoms with van der Waals surface area (Å²) in [6.07, 6.45) is 0.732. The third-order valence-electron chi connectivity index (χ3n) is 3.69. The lowest BCUT2D eigenvalue weighted by atomic mass is 10.2. The van der Waals surface area contributed by atoms with E-state index in [1.54, 1.807) is 17.8 Å². The Morgan fingerprint density at radius 1 is 1.15 bits per heavy atom. The summed E-state index contributed by atoms with van der Waals surface area (Å²) in [5, 5.41) is 9.38. The lowest BCUT2D eigenvalue weighted by Gasteiger charge is -2.11. The molecule has 0 atom stereocenters. The van der Waals surface area contributed by atoms with Crippen molar-refractivity contribution in [2.24, 2.45) is 0 Å². The fourth-order valence-corrected chi connectivity index (χ4v) is 3.45. The van der Waals surface area contributed by atoms with Crippen LogP contribution in [0.4, 0.5) is 4.39 Å². The average Bonchev–Trinajstić information content (AvgIpc) is 3.06. The second-order valence-electron chi connectivity index (χ2n) is 5.56. The number of hydrogen-bond acceptors (Lipinski definition) is 4. The van der Waals surface area contributed by atoms with Crippen molar-refractivity contribution < 1.29 is 9.13 Å². The first-order chi connectivity index (χ1) is 12.7. The number of hydrogen-bond donors (Lipinski definition) is 0. The molecule has 0 saturated carbocycles. The van der Waals surface area contributed by atoms with E-state index in [0.717, 1.165) is 28.8 Å². The molecule has 0 unspecified atom stereocenters. The van der Waals surface area contributed by atoms with Crippen molar-refractivity contribution in [1.29, 1.82) is 0 Å². The molecule has 0 fully saturated rings. The first-order valence-electron chi connectivity index (χ1n) is 8.39. The number of ether oxygens (including phenoxy) is 1. The van der Waals surface area contributed by atoms with Gasteiger partial charge in [0.1, 0.15) is 5.82 Å². The molecule has 0 radical (unpaired) electrons. The standard InChI is InChI=1S/C20H20FN3OS/c1-3-25-15(2)12-13-26-20-23-22-19(16-8-7-9-17(21)14-16)24(20)18-10-5-4-6-11-18/h4-11,14H,2-3,12-13H2,1H3. The maximum absolute atomic E-state index is 13.7. The van der Waals surface area contributed by atoms with Crippen LogP contribution in [-0.2, 0) is 4.74 Å². The Balaban J connectivity index is 1.91. The third-order valence-corrected chi connectivity index (χ3v) is 4.62. The quantitative estimate of drug-likeness (QED) is 0.409. The molecule has 0 aliphatic heterocycles. The number of para-hydroxylation sites is 1. The van der Waals surface area contributed by atoms with Crippen LogP contribution in [0.15, 0.2) is 72.1 Å². The van der Waals surface area contributed by atoms with Crippen LogP contribution in [0.1, 0.15) is 13.3 Å². The minimum atomic E-state index is -0.299. The lowest BCUT2D eigenvalue weighted by molar-refractivity contribution is 0.223. The fourth-order valence-electron chi connectivity index (χ4n) is 2.52. The van der Waals surface area contributed by atoms with E-state index in [9.17, 15) is 4.39 Å². The Bertz CT molecular complexity index is 880. The summed E-state index contributed by atoms with van der Waals surface area (Å²) in [6.45, 7) is 6.46. The van der Waals surface area contributed by atoms with Gasteiger partial charge in [-0.1, -0.05) is 48.7 Å². The zero-order valence-electron chi connectivity index (χ0n) is 14.6. The van der Waals surface area contributed by atoms with Crippen molar-refractivity contribution in [2.75, 3.05) is 12.4 Å². The van der Waals surface area contributed by atoms with E-state index in [4.69, 9.17) is 4.74 Å². The minimum absolute atomic E-state index is 0.299. The molecule has 3 rings (SSSR count). The van der Waals surface area contributed by atoms with Gasteiger partial charge in [-0.2, -0.15) is 0 Å². The van der Waals surface area contributed by atoms with E-state index in [0.29, 0.717) is 18.0 Å². The van der Waals surface area contributed by atoms with Gasteiger partial charge in [0.25, 0.3) is 0 Å². The molecule has 0 amide bonds. The molecule has 0 spiro atoms. The van der Waals surface area contributed by atoms with Gasteiger partial charge < -0.3 is 4.74 Å². The van der Waals surface area contributed by atoms with Crippen LogP contribution in [0.3, 0.4) is 0 Å². The molecule has 0 bridgehead atoms. The number of benzene rings is 2. The number of thioether (sulfide) groups is 1. The summed E-state index contributed by atoms with van der Waals surface area (Å²) >= 11 is 1.57. The van der Waals surface area contributed by atoms with E-state index in [-0.39, 0.29) is 5.82 Å². The van der Waals surface area contributed by atoms with E-state index in [2.05, 4.69) is 16.8 Å². The van der Waals surface area contributed by atoms with Crippen molar-refractivity contribution in [3.05, 3.63) is 72.8 Å². The minimum Gasteiger partial charge on any atom is -0.499 e. The zero-order chi connectivity index (χ0) is 18.4. The largest absolute Gasteiger partial charge is 0.499 e. The maximum atomic E-state index is 13.7. The van der Waals surface area contributed by atoms with Crippen molar-refractivity contribution >= 4 is 11.8 Å². The van der Waals surface area contributed by atoms with Gasteiger partial charge in [-0.25, -0.2) is 4.39 Å². The monoisotopic (exact) mass is 369 g/mol.